The molecule has 1 aromatic heterocycles. The third-order valence-corrected chi connectivity index (χ3v) is 3.08. The van der Waals surface area contributed by atoms with Gasteiger partial charge in [-0.3, -0.25) is 4.68 Å². The first kappa shape index (κ1) is 11.3. The summed E-state index contributed by atoms with van der Waals surface area (Å²) in [5.41, 5.74) is 2.67. The quantitative estimate of drug-likeness (QED) is 0.806. The molecule has 2 heterocycles. The largest absolute Gasteiger partial charge is 0.380 e. The minimum atomic E-state index is 0.280. The van der Waals surface area contributed by atoms with Crippen molar-refractivity contribution in [1.29, 1.82) is 0 Å². The van der Waals surface area contributed by atoms with Crippen LogP contribution in [0.3, 0.4) is 0 Å². The van der Waals surface area contributed by atoms with E-state index in [2.05, 4.69) is 36.5 Å². The molecule has 90 valence electrons. The number of nitrogens with zero attached hydrogens (tertiary/aromatic N) is 2. The number of hydrogen-bond donors (Lipinski definition) is 2. The number of aryl methyl sites for hydroxylation is 2. The molecule has 4 nitrogen and oxygen atoms in total. The van der Waals surface area contributed by atoms with Crippen molar-refractivity contribution < 1.29 is 0 Å². The van der Waals surface area contributed by atoms with Crippen LogP contribution in [0.2, 0.25) is 0 Å². The second kappa shape index (κ2) is 4.00. The van der Waals surface area contributed by atoms with Gasteiger partial charge in [0.25, 0.3) is 0 Å². The highest BCUT2D eigenvalue weighted by Crippen LogP contribution is 2.31. The minimum absolute atomic E-state index is 0.280. The Bertz CT molecular complexity index is 379. The van der Waals surface area contributed by atoms with Crippen molar-refractivity contribution in [3.63, 3.8) is 0 Å². The Morgan fingerprint density at radius 3 is 2.69 bits per heavy atom. The van der Waals surface area contributed by atoms with Crippen molar-refractivity contribution >= 4 is 11.5 Å². The Balaban J connectivity index is 2.31. The van der Waals surface area contributed by atoms with Crippen LogP contribution in [0.25, 0.3) is 0 Å². The molecule has 0 atom stereocenters. The fraction of sp³-hybridized carbons (Fsp3) is 0.750. The normalized spacial score (nSPS) is 18.2. The molecule has 0 unspecified atom stereocenters. The summed E-state index contributed by atoms with van der Waals surface area (Å²) in [4.78, 5) is 0. The van der Waals surface area contributed by atoms with E-state index in [-0.39, 0.29) is 5.41 Å². The maximum atomic E-state index is 4.56. The van der Waals surface area contributed by atoms with Crippen molar-refractivity contribution in [1.82, 2.24) is 9.78 Å². The van der Waals surface area contributed by atoms with Crippen LogP contribution in [0.1, 0.15) is 32.9 Å². The van der Waals surface area contributed by atoms with Crippen LogP contribution in [-0.4, -0.2) is 22.9 Å². The fourth-order valence-corrected chi connectivity index (χ4v) is 2.09. The van der Waals surface area contributed by atoms with Gasteiger partial charge in [-0.15, -0.1) is 0 Å². The molecule has 2 N–H and O–H groups in total. The summed E-state index contributed by atoms with van der Waals surface area (Å²) in [6.07, 6.45) is 2.17. The van der Waals surface area contributed by atoms with Crippen LogP contribution in [0.5, 0.6) is 0 Å². The SMILES string of the molecule is CCCc1nn(C)c2c1NCC(C)(C)CN2. The summed E-state index contributed by atoms with van der Waals surface area (Å²) in [5, 5.41) is 11.6. The first-order valence-corrected chi connectivity index (χ1v) is 6.07. The van der Waals surface area contributed by atoms with Crippen molar-refractivity contribution in [2.24, 2.45) is 12.5 Å². The van der Waals surface area contributed by atoms with E-state index in [4.69, 9.17) is 0 Å². The zero-order valence-electron chi connectivity index (χ0n) is 10.7. The topological polar surface area (TPSA) is 41.9 Å². The van der Waals surface area contributed by atoms with Gasteiger partial charge in [-0.05, 0) is 11.8 Å². The zero-order valence-corrected chi connectivity index (χ0v) is 10.7. The van der Waals surface area contributed by atoms with Crippen LogP contribution in [0.15, 0.2) is 0 Å². The van der Waals surface area contributed by atoms with E-state index in [1.807, 2.05) is 11.7 Å². The predicted molar refractivity (Wildman–Crippen MR) is 68.0 cm³/mol. The van der Waals surface area contributed by atoms with Crippen LogP contribution in [-0.2, 0) is 13.5 Å². The molecular weight excluding hydrogens is 200 g/mol. The Morgan fingerprint density at radius 2 is 2.00 bits per heavy atom. The van der Waals surface area contributed by atoms with Gasteiger partial charge in [-0.25, -0.2) is 0 Å². The highest BCUT2D eigenvalue weighted by atomic mass is 15.3. The second-order valence-corrected chi connectivity index (χ2v) is 5.42. The number of aromatic nitrogens is 2. The van der Waals surface area contributed by atoms with Gasteiger partial charge in [0.05, 0.1) is 5.69 Å². The van der Waals surface area contributed by atoms with Crippen molar-refractivity contribution in [3.8, 4) is 0 Å². The highest BCUT2D eigenvalue weighted by molar-refractivity contribution is 5.69. The molecule has 1 aromatic rings. The molecule has 16 heavy (non-hydrogen) atoms. The van der Waals surface area contributed by atoms with Crippen LogP contribution >= 0.6 is 0 Å². The van der Waals surface area contributed by atoms with Gasteiger partial charge in [-0.2, -0.15) is 5.10 Å². The van der Waals surface area contributed by atoms with E-state index >= 15 is 0 Å². The van der Waals surface area contributed by atoms with Gasteiger partial charge in [-0.1, -0.05) is 27.2 Å². The molecule has 0 spiro atoms. The molecule has 0 aliphatic carbocycles. The molecule has 0 amide bonds. The molecule has 4 heteroatoms. The molecule has 1 aliphatic heterocycles. The van der Waals surface area contributed by atoms with Gasteiger partial charge < -0.3 is 10.6 Å². The summed E-state index contributed by atoms with van der Waals surface area (Å²) in [6, 6.07) is 0. The Kier molecular flexibility index (Phi) is 2.82. The molecule has 1 aliphatic rings. The van der Waals surface area contributed by atoms with Crippen molar-refractivity contribution in [3.05, 3.63) is 5.69 Å². The first-order chi connectivity index (χ1) is 7.53. The monoisotopic (exact) mass is 222 g/mol. The summed E-state index contributed by atoms with van der Waals surface area (Å²) in [6.45, 7) is 8.71. The molecular formula is C12H22N4. The molecule has 0 bridgehead atoms. The van der Waals surface area contributed by atoms with Gasteiger partial charge >= 0.3 is 0 Å². The Hall–Kier alpha value is -1.19. The van der Waals surface area contributed by atoms with E-state index in [1.165, 1.54) is 11.4 Å². The molecule has 0 fully saturated rings. The van der Waals surface area contributed by atoms with E-state index in [1.54, 1.807) is 0 Å². The third-order valence-electron chi connectivity index (χ3n) is 3.08. The summed E-state index contributed by atoms with van der Waals surface area (Å²) in [7, 11) is 2.00. The van der Waals surface area contributed by atoms with Gasteiger partial charge in [0.1, 0.15) is 11.5 Å². The van der Waals surface area contributed by atoms with E-state index in [0.29, 0.717) is 0 Å². The number of anilines is 2. The van der Waals surface area contributed by atoms with Gasteiger partial charge in [0.2, 0.25) is 0 Å². The number of fused-ring (bicyclic) bond motifs is 1. The maximum absolute atomic E-state index is 4.56. The van der Waals surface area contributed by atoms with E-state index < -0.39 is 0 Å². The van der Waals surface area contributed by atoms with Gasteiger partial charge in [0, 0.05) is 20.1 Å². The zero-order chi connectivity index (χ0) is 11.8. The molecule has 0 saturated heterocycles. The predicted octanol–water partition coefficient (Wildman–Crippen LogP) is 2.24. The minimum Gasteiger partial charge on any atom is -0.380 e. The van der Waals surface area contributed by atoms with Crippen LogP contribution < -0.4 is 10.6 Å². The summed E-state index contributed by atoms with van der Waals surface area (Å²) < 4.78 is 1.95. The Morgan fingerprint density at radius 1 is 1.31 bits per heavy atom. The fourth-order valence-electron chi connectivity index (χ4n) is 2.09. The lowest BCUT2D eigenvalue weighted by Crippen LogP contribution is -2.28. The summed E-state index contributed by atoms with van der Waals surface area (Å²) in [5.74, 6) is 1.13. The van der Waals surface area contributed by atoms with Crippen molar-refractivity contribution in [2.45, 2.75) is 33.6 Å². The first-order valence-electron chi connectivity index (χ1n) is 6.07. The lowest BCUT2D eigenvalue weighted by molar-refractivity contribution is 0.422. The van der Waals surface area contributed by atoms with Gasteiger partial charge in [0.15, 0.2) is 0 Å². The average molecular weight is 222 g/mol. The van der Waals surface area contributed by atoms with Crippen LogP contribution in [0, 0.1) is 5.41 Å². The number of hydrogen-bond acceptors (Lipinski definition) is 3. The molecule has 0 saturated carbocycles. The highest BCUT2D eigenvalue weighted by Gasteiger charge is 2.25. The second-order valence-electron chi connectivity index (χ2n) is 5.42. The molecule has 0 aromatic carbocycles. The van der Waals surface area contributed by atoms with Crippen molar-refractivity contribution in [2.75, 3.05) is 23.7 Å². The lowest BCUT2D eigenvalue weighted by atomic mass is 9.94. The lowest BCUT2D eigenvalue weighted by Gasteiger charge is -2.22. The van der Waals surface area contributed by atoms with Crippen LogP contribution in [0.4, 0.5) is 11.5 Å². The number of rotatable bonds is 2. The molecule has 0 radical (unpaired) electrons. The maximum Gasteiger partial charge on any atom is 0.148 e. The standard InChI is InChI=1S/C12H22N4/c1-5-6-9-10-11(16(4)15-9)14-8-12(2,3)7-13-10/h13-14H,5-8H2,1-4H3. The third kappa shape index (κ3) is 2.01. The van der Waals surface area contributed by atoms with E-state index in [9.17, 15) is 0 Å². The van der Waals surface area contributed by atoms with E-state index in [0.717, 1.165) is 31.7 Å². The molecule has 2 rings (SSSR count). The number of nitrogens with one attached hydrogen (secondary N) is 2. The smallest absolute Gasteiger partial charge is 0.148 e. The Labute approximate surface area is 97.4 Å². The summed E-state index contributed by atoms with van der Waals surface area (Å²) >= 11 is 0. The average Bonchev–Trinajstić information content (AvgIpc) is 2.38.